The Kier molecular flexibility index (Phi) is 24.1. The molecule has 1 rings (SSSR count). The van der Waals surface area contributed by atoms with Gasteiger partial charge >= 0.3 is 11.9 Å². The number of esters is 2. The van der Waals surface area contributed by atoms with Crippen LogP contribution in [0.4, 0.5) is 0 Å². The number of hydrogen-bond donors (Lipinski definition) is 1. The summed E-state index contributed by atoms with van der Waals surface area (Å²) in [7, 11) is 0. The lowest BCUT2D eigenvalue weighted by atomic mass is 10.0. The third-order valence-electron chi connectivity index (χ3n) is 7.85. The Hall–Kier alpha value is -1.40. The van der Waals surface area contributed by atoms with Crippen LogP contribution in [0.2, 0.25) is 0 Å². The van der Waals surface area contributed by atoms with E-state index < -0.39 is 6.10 Å². The van der Waals surface area contributed by atoms with Crippen LogP contribution in [0.3, 0.4) is 0 Å². The van der Waals surface area contributed by atoms with Crippen LogP contribution in [0.5, 0.6) is 0 Å². The number of hydrogen-bond acceptors (Lipinski definition) is 6. The molecule has 3 atom stereocenters. The van der Waals surface area contributed by atoms with Gasteiger partial charge in [-0.25, -0.2) is 0 Å². The summed E-state index contributed by atoms with van der Waals surface area (Å²) in [4.78, 5) is 23.8. The zero-order valence-corrected chi connectivity index (χ0v) is 26.9. The van der Waals surface area contributed by atoms with E-state index in [-0.39, 0.29) is 25.2 Å². The first-order chi connectivity index (χ1) is 19.9. The number of unbranched alkanes of at least 4 members (excludes halogenated alkanes) is 14. The average Bonchev–Trinajstić information content (AvgIpc) is 3.70. The zero-order valence-electron chi connectivity index (χ0n) is 26.9. The largest absolute Gasteiger partial charge is 0.463 e. The number of epoxide rings is 1. The highest BCUT2D eigenvalue weighted by atomic mass is 16.6. The molecule has 2 unspecified atom stereocenters. The van der Waals surface area contributed by atoms with Crippen molar-refractivity contribution in [3.05, 3.63) is 12.2 Å². The molecule has 0 aromatic rings. The Labute approximate surface area is 252 Å². The smallest absolute Gasteiger partial charge is 0.305 e. The number of allylic oxidation sites excluding steroid dienone is 1. The lowest BCUT2D eigenvalue weighted by Crippen LogP contribution is -2.25. The topological polar surface area (TPSA) is 85.4 Å². The zero-order chi connectivity index (χ0) is 30.0. The average molecular weight is 581 g/mol. The van der Waals surface area contributed by atoms with Crippen molar-refractivity contribution in [2.45, 2.75) is 180 Å². The number of carbonyl (C=O) groups is 2. The van der Waals surface area contributed by atoms with Gasteiger partial charge in [0.2, 0.25) is 0 Å². The molecule has 240 valence electrons. The molecule has 0 saturated carbocycles. The third-order valence-corrected chi connectivity index (χ3v) is 7.85. The summed E-state index contributed by atoms with van der Waals surface area (Å²) in [6.07, 6.45) is 28.6. The van der Waals surface area contributed by atoms with Gasteiger partial charge in [0.15, 0.2) is 0 Å². The Morgan fingerprint density at radius 3 is 1.80 bits per heavy atom. The molecule has 6 heteroatoms. The molecule has 41 heavy (non-hydrogen) atoms. The first kappa shape index (κ1) is 37.6. The summed E-state index contributed by atoms with van der Waals surface area (Å²) in [5, 5.41) is 9.97. The quantitative estimate of drug-likeness (QED) is 0.0411. The van der Waals surface area contributed by atoms with Crippen LogP contribution < -0.4 is 0 Å². The predicted molar refractivity (Wildman–Crippen MR) is 168 cm³/mol. The van der Waals surface area contributed by atoms with E-state index >= 15 is 0 Å². The van der Waals surface area contributed by atoms with Crippen LogP contribution in [0.15, 0.2) is 12.2 Å². The van der Waals surface area contributed by atoms with Crippen molar-refractivity contribution in [3.63, 3.8) is 0 Å². The molecule has 1 heterocycles. The first-order valence-corrected chi connectivity index (χ1v) is 17.2. The van der Waals surface area contributed by atoms with Crippen LogP contribution in [0.25, 0.3) is 0 Å². The summed E-state index contributed by atoms with van der Waals surface area (Å²) >= 11 is 0. The normalized spacial score (nSPS) is 17.3. The van der Waals surface area contributed by atoms with Crippen LogP contribution in [-0.4, -0.2) is 48.6 Å². The lowest BCUT2D eigenvalue weighted by Gasteiger charge is -2.12. The van der Waals surface area contributed by atoms with Gasteiger partial charge in [0.25, 0.3) is 0 Å². The lowest BCUT2D eigenvalue weighted by molar-refractivity contribution is -0.152. The fraction of sp³-hybridized carbons (Fsp3) is 0.886. The maximum atomic E-state index is 11.9. The molecule has 0 spiro atoms. The third kappa shape index (κ3) is 24.9. The Balaban J connectivity index is 1.84. The molecule has 1 fully saturated rings. The second-order valence-corrected chi connectivity index (χ2v) is 12.5. The van der Waals surface area contributed by atoms with Crippen molar-refractivity contribution in [1.29, 1.82) is 0 Å². The number of ether oxygens (including phenoxy) is 3. The van der Waals surface area contributed by atoms with Crippen molar-refractivity contribution in [3.8, 4) is 0 Å². The van der Waals surface area contributed by atoms with E-state index in [4.69, 9.17) is 14.2 Å². The number of aliphatic hydroxyl groups is 1. The highest BCUT2D eigenvalue weighted by molar-refractivity contribution is 5.69. The second-order valence-electron chi connectivity index (χ2n) is 12.5. The molecular weight excluding hydrogens is 516 g/mol. The maximum absolute atomic E-state index is 11.9. The minimum absolute atomic E-state index is 0.122. The molecular formula is C35H64O6. The Bertz CT molecular complexity index is 661. The molecule has 6 nitrogen and oxygen atoms in total. The van der Waals surface area contributed by atoms with E-state index in [1.54, 1.807) is 0 Å². The van der Waals surface area contributed by atoms with E-state index in [0.717, 1.165) is 63.7 Å². The molecule has 0 radical (unpaired) electrons. The van der Waals surface area contributed by atoms with Crippen molar-refractivity contribution >= 4 is 11.9 Å². The van der Waals surface area contributed by atoms with Gasteiger partial charge in [-0.3, -0.25) is 9.59 Å². The van der Waals surface area contributed by atoms with E-state index in [1.165, 1.54) is 70.6 Å². The highest BCUT2D eigenvalue weighted by Gasteiger charge is 2.36. The fourth-order valence-electron chi connectivity index (χ4n) is 5.10. The standard InChI is InChI=1S/C35H64O6/c1-4-5-6-7-14-19-24-32-33(41-32)25-20-15-12-17-22-27-35(38)40-29-31(36)28-39-34(37)26-21-16-11-9-8-10-13-18-23-30(2)3/h14,19,30-33,36H,4-13,15-18,20-29H2,1-3H3/b19-14-/t31-,32?,33?/m1/s1. The fourth-order valence-corrected chi connectivity index (χ4v) is 5.10. The van der Waals surface area contributed by atoms with Crippen LogP contribution in [0.1, 0.15) is 162 Å². The molecule has 1 saturated heterocycles. The number of rotatable bonds is 29. The predicted octanol–water partition coefficient (Wildman–Crippen LogP) is 9.02. The summed E-state index contributed by atoms with van der Waals surface area (Å²) in [5.41, 5.74) is 0. The maximum Gasteiger partial charge on any atom is 0.305 e. The SMILES string of the molecule is CCCCC/C=C\CC1OC1CCCCCCCC(=O)OC[C@H](O)COC(=O)CCCCCCCCCCC(C)C. The van der Waals surface area contributed by atoms with Gasteiger partial charge in [-0.1, -0.05) is 123 Å². The molecule has 0 amide bonds. The van der Waals surface area contributed by atoms with E-state index in [0.29, 0.717) is 25.0 Å². The van der Waals surface area contributed by atoms with Gasteiger partial charge in [0.1, 0.15) is 19.3 Å². The van der Waals surface area contributed by atoms with Crippen molar-refractivity contribution in [2.24, 2.45) is 5.92 Å². The molecule has 0 aromatic carbocycles. The first-order valence-electron chi connectivity index (χ1n) is 17.2. The minimum atomic E-state index is -0.969. The summed E-state index contributed by atoms with van der Waals surface area (Å²) < 4.78 is 16.0. The molecule has 1 aliphatic heterocycles. The minimum Gasteiger partial charge on any atom is -0.463 e. The van der Waals surface area contributed by atoms with Gasteiger partial charge in [-0.05, 0) is 44.4 Å². The van der Waals surface area contributed by atoms with Crippen LogP contribution in [0, 0.1) is 5.92 Å². The summed E-state index contributed by atoms with van der Waals surface area (Å²) in [6.45, 7) is 6.54. The van der Waals surface area contributed by atoms with E-state index in [1.807, 2.05) is 0 Å². The molecule has 0 bridgehead atoms. The van der Waals surface area contributed by atoms with Gasteiger partial charge in [0.05, 0.1) is 12.2 Å². The van der Waals surface area contributed by atoms with Gasteiger partial charge in [0, 0.05) is 12.8 Å². The highest BCUT2D eigenvalue weighted by Crippen LogP contribution is 2.30. The Morgan fingerprint density at radius 1 is 0.707 bits per heavy atom. The number of aliphatic hydroxyl groups excluding tert-OH is 1. The van der Waals surface area contributed by atoms with Gasteiger partial charge < -0.3 is 19.3 Å². The summed E-state index contributed by atoms with van der Waals surface area (Å²) in [6, 6.07) is 0. The summed E-state index contributed by atoms with van der Waals surface area (Å²) in [5.74, 6) is 0.218. The van der Waals surface area contributed by atoms with Crippen molar-refractivity contribution < 1.29 is 28.9 Å². The van der Waals surface area contributed by atoms with Crippen molar-refractivity contribution in [2.75, 3.05) is 13.2 Å². The van der Waals surface area contributed by atoms with E-state index in [2.05, 4.69) is 32.9 Å². The van der Waals surface area contributed by atoms with E-state index in [9.17, 15) is 14.7 Å². The molecule has 1 aliphatic rings. The van der Waals surface area contributed by atoms with Crippen molar-refractivity contribution in [1.82, 2.24) is 0 Å². The van der Waals surface area contributed by atoms with Crippen LogP contribution in [-0.2, 0) is 23.8 Å². The van der Waals surface area contributed by atoms with Gasteiger partial charge in [-0.2, -0.15) is 0 Å². The van der Waals surface area contributed by atoms with Crippen LogP contribution >= 0.6 is 0 Å². The molecule has 0 aromatic heterocycles. The van der Waals surface area contributed by atoms with Gasteiger partial charge in [-0.15, -0.1) is 0 Å². The number of carbonyl (C=O) groups excluding carboxylic acids is 2. The second kappa shape index (κ2) is 26.2. The Morgan fingerprint density at radius 2 is 1.24 bits per heavy atom. The monoisotopic (exact) mass is 580 g/mol. The molecule has 1 N–H and O–H groups in total. The molecule has 0 aliphatic carbocycles.